The van der Waals surface area contributed by atoms with Gasteiger partial charge in [0.15, 0.2) is 0 Å². The molecule has 164 valence electrons. The normalized spacial score (nSPS) is 33.1. The lowest BCUT2D eigenvalue weighted by Crippen LogP contribution is -2.44. The van der Waals surface area contributed by atoms with Crippen molar-refractivity contribution in [3.63, 3.8) is 0 Å². The van der Waals surface area contributed by atoms with Gasteiger partial charge in [0.2, 0.25) is 0 Å². The Kier molecular flexibility index (Phi) is 5.84. The Balaban J connectivity index is 1.50. The van der Waals surface area contributed by atoms with E-state index in [0.29, 0.717) is 13.1 Å². The van der Waals surface area contributed by atoms with Crippen LogP contribution in [0.1, 0.15) is 65.4 Å². The van der Waals surface area contributed by atoms with Crippen molar-refractivity contribution in [2.24, 2.45) is 17.3 Å². The van der Waals surface area contributed by atoms with E-state index >= 15 is 0 Å². The molecule has 2 aliphatic carbocycles. The molecule has 1 aromatic carbocycles. The van der Waals surface area contributed by atoms with Gasteiger partial charge >= 0.3 is 5.97 Å². The molecule has 0 radical (unpaired) electrons. The van der Waals surface area contributed by atoms with Crippen molar-refractivity contribution >= 4 is 5.97 Å². The van der Waals surface area contributed by atoms with Gasteiger partial charge in [-0.15, -0.1) is 0 Å². The van der Waals surface area contributed by atoms with E-state index in [0.717, 1.165) is 24.9 Å². The molecule has 4 rings (SSSR count). The number of esters is 1. The zero-order valence-electron chi connectivity index (χ0n) is 19.0. The number of fused-ring (bicyclic) bond motifs is 2. The van der Waals surface area contributed by atoms with Crippen LogP contribution in [0.25, 0.3) is 0 Å². The Morgan fingerprint density at radius 3 is 2.73 bits per heavy atom. The summed E-state index contributed by atoms with van der Waals surface area (Å²) < 4.78 is 5.94. The molecule has 2 fully saturated rings. The maximum absolute atomic E-state index is 12.9. The lowest BCUT2D eigenvalue weighted by molar-refractivity contribution is -0.145. The van der Waals surface area contributed by atoms with Crippen LogP contribution in [0.15, 0.2) is 41.5 Å². The fourth-order valence-corrected chi connectivity index (χ4v) is 6.23. The Hall–Kier alpha value is -1.65. The minimum atomic E-state index is -0.952. The zero-order chi connectivity index (χ0) is 21.5. The van der Waals surface area contributed by atoms with Crippen LogP contribution in [0, 0.1) is 17.3 Å². The third kappa shape index (κ3) is 3.97. The molecule has 1 aromatic rings. The predicted molar refractivity (Wildman–Crippen MR) is 119 cm³/mol. The number of rotatable bonds is 6. The SMILES string of the molecule is CCN(C[C@@H]1C(=O)O[C@@H]2C[C@@]3(C)CCCC(C)=C3C[C@H]12)C[C@@](C)(O)c1ccccc1. The summed E-state index contributed by atoms with van der Waals surface area (Å²) in [5.74, 6) is 0.126. The Bertz CT molecular complexity index is 815. The highest BCUT2D eigenvalue weighted by Gasteiger charge is 2.53. The first-order valence-electron chi connectivity index (χ1n) is 11.6. The van der Waals surface area contributed by atoms with Crippen LogP contribution in [-0.2, 0) is 15.1 Å². The highest BCUT2D eigenvalue weighted by Crippen LogP contribution is 2.55. The summed E-state index contributed by atoms with van der Waals surface area (Å²) in [7, 11) is 0. The number of aliphatic hydroxyl groups is 1. The number of benzene rings is 1. The van der Waals surface area contributed by atoms with Crippen molar-refractivity contribution in [2.75, 3.05) is 19.6 Å². The van der Waals surface area contributed by atoms with Gasteiger partial charge in [-0.25, -0.2) is 0 Å². The maximum Gasteiger partial charge on any atom is 0.310 e. The molecule has 1 N–H and O–H groups in total. The summed E-state index contributed by atoms with van der Waals surface area (Å²) >= 11 is 0. The molecule has 30 heavy (non-hydrogen) atoms. The quantitative estimate of drug-likeness (QED) is 0.546. The van der Waals surface area contributed by atoms with Crippen LogP contribution in [0.3, 0.4) is 0 Å². The van der Waals surface area contributed by atoms with Crippen LogP contribution in [0.2, 0.25) is 0 Å². The Labute approximate surface area is 181 Å². The van der Waals surface area contributed by atoms with Gasteiger partial charge in [0.05, 0.1) is 11.5 Å². The summed E-state index contributed by atoms with van der Waals surface area (Å²) in [6.07, 6.45) is 5.68. The minimum absolute atomic E-state index is 0.0386. The third-order valence-electron chi connectivity index (χ3n) is 8.01. The highest BCUT2D eigenvalue weighted by atomic mass is 16.6. The number of hydrogen-bond acceptors (Lipinski definition) is 4. The van der Waals surface area contributed by atoms with Crippen LogP contribution in [0.4, 0.5) is 0 Å². The molecule has 1 heterocycles. The number of nitrogens with zero attached hydrogens (tertiary/aromatic N) is 1. The average molecular weight is 412 g/mol. The molecule has 0 amide bonds. The highest BCUT2D eigenvalue weighted by molar-refractivity contribution is 5.76. The first kappa shape index (κ1) is 21.6. The number of carbonyl (C=O) groups excluding carboxylic acids is 1. The number of hydrogen-bond donors (Lipinski definition) is 1. The van der Waals surface area contributed by atoms with Crippen molar-refractivity contribution in [3.05, 3.63) is 47.0 Å². The zero-order valence-corrected chi connectivity index (χ0v) is 19.0. The topological polar surface area (TPSA) is 49.8 Å². The summed E-state index contributed by atoms with van der Waals surface area (Å²) in [5, 5.41) is 11.1. The van der Waals surface area contributed by atoms with Gasteiger partial charge in [0.25, 0.3) is 0 Å². The van der Waals surface area contributed by atoms with E-state index in [1.807, 2.05) is 37.3 Å². The van der Waals surface area contributed by atoms with E-state index < -0.39 is 5.60 Å². The van der Waals surface area contributed by atoms with Crippen molar-refractivity contribution in [3.8, 4) is 0 Å². The maximum atomic E-state index is 12.9. The van der Waals surface area contributed by atoms with Gasteiger partial charge in [-0.1, -0.05) is 55.3 Å². The van der Waals surface area contributed by atoms with Gasteiger partial charge in [0.1, 0.15) is 6.10 Å². The fourth-order valence-electron chi connectivity index (χ4n) is 6.23. The monoisotopic (exact) mass is 411 g/mol. The number of ether oxygens (including phenoxy) is 1. The van der Waals surface area contributed by atoms with E-state index in [2.05, 4.69) is 25.7 Å². The molecule has 4 heteroatoms. The van der Waals surface area contributed by atoms with Crippen LogP contribution >= 0.6 is 0 Å². The van der Waals surface area contributed by atoms with Crippen molar-refractivity contribution in [1.82, 2.24) is 4.90 Å². The van der Waals surface area contributed by atoms with E-state index in [-0.39, 0.29) is 29.3 Å². The minimum Gasteiger partial charge on any atom is -0.462 e. The van der Waals surface area contributed by atoms with Crippen molar-refractivity contribution in [2.45, 2.75) is 71.5 Å². The molecule has 0 unspecified atom stereocenters. The molecule has 1 saturated heterocycles. The van der Waals surface area contributed by atoms with Gasteiger partial charge in [-0.3, -0.25) is 9.69 Å². The van der Waals surface area contributed by atoms with E-state index in [9.17, 15) is 9.90 Å². The first-order chi connectivity index (χ1) is 14.2. The van der Waals surface area contributed by atoms with Crippen molar-refractivity contribution < 1.29 is 14.6 Å². The second-order valence-electron chi connectivity index (χ2n) is 10.3. The molecular weight excluding hydrogens is 374 g/mol. The van der Waals surface area contributed by atoms with Crippen LogP contribution in [0.5, 0.6) is 0 Å². The number of carbonyl (C=O) groups is 1. The molecule has 4 nitrogen and oxygen atoms in total. The molecular formula is C26H37NO3. The number of allylic oxidation sites excluding steroid dienone is 2. The second-order valence-corrected chi connectivity index (χ2v) is 10.3. The average Bonchev–Trinajstić information content (AvgIpc) is 3.00. The van der Waals surface area contributed by atoms with Gasteiger partial charge in [-0.05, 0) is 63.5 Å². The van der Waals surface area contributed by atoms with Crippen molar-refractivity contribution in [1.29, 1.82) is 0 Å². The van der Waals surface area contributed by atoms with Gasteiger partial charge in [-0.2, -0.15) is 0 Å². The third-order valence-corrected chi connectivity index (χ3v) is 8.01. The molecule has 1 aliphatic heterocycles. The predicted octanol–water partition coefficient (Wildman–Crippen LogP) is 4.67. The molecule has 0 spiro atoms. The standard InChI is InChI=1S/C26H37NO3/c1-5-27(17-26(4,29)19-11-7-6-8-12-19)16-21-20-14-22-18(2)10-9-13-25(22,3)15-23(20)30-24(21)28/h6-8,11-12,20-21,23,29H,5,9-10,13-17H2,1-4H3/t20-,21+,23-,25-,26-/m1/s1. The molecule has 3 aliphatic rings. The summed E-state index contributed by atoms with van der Waals surface area (Å²) in [5.41, 5.74) is 3.30. The summed E-state index contributed by atoms with van der Waals surface area (Å²) in [4.78, 5) is 15.1. The Morgan fingerprint density at radius 1 is 1.30 bits per heavy atom. The van der Waals surface area contributed by atoms with Gasteiger partial charge < -0.3 is 9.84 Å². The Morgan fingerprint density at radius 2 is 2.03 bits per heavy atom. The molecule has 0 aromatic heterocycles. The van der Waals surface area contributed by atoms with Crippen LogP contribution in [-0.4, -0.2) is 41.7 Å². The van der Waals surface area contributed by atoms with Gasteiger partial charge in [0, 0.05) is 19.0 Å². The first-order valence-corrected chi connectivity index (χ1v) is 11.6. The second kappa shape index (κ2) is 8.12. The summed E-state index contributed by atoms with van der Waals surface area (Å²) in [6, 6.07) is 9.81. The smallest absolute Gasteiger partial charge is 0.310 e. The molecule has 1 saturated carbocycles. The lowest BCUT2D eigenvalue weighted by Gasteiger charge is -2.46. The molecule has 5 atom stereocenters. The van der Waals surface area contributed by atoms with E-state index in [4.69, 9.17) is 4.74 Å². The lowest BCUT2D eigenvalue weighted by atomic mass is 9.59. The van der Waals surface area contributed by atoms with E-state index in [1.54, 1.807) is 11.1 Å². The number of likely N-dealkylation sites (N-methyl/N-ethyl adjacent to an activating group) is 1. The van der Waals surface area contributed by atoms with E-state index in [1.165, 1.54) is 19.3 Å². The fraction of sp³-hybridized carbons (Fsp3) is 0.654. The largest absolute Gasteiger partial charge is 0.462 e. The molecule has 0 bridgehead atoms. The van der Waals surface area contributed by atoms with Crippen LogP contribution < -0.4 is 0 Å². The summed E-state index contributed by atoms with van der Waals surface area (Å²) in [6.45, 7) is 10.6.